The third kappa shape index (κ3) is 4.82. The Hall–Kier alpha value is -3.27. The molecule has 0 saturated carbocycles. The first-order valence-corrected chi connectivity index (χ1v) is 10.2. The lowest BCUT2D eigenvalue weighted by Crippen LogP contribution is -2.28. The zero-order valence-corrected chi connectivity index (χ0v) is 17.7. The fraction of sp³-hybridized carbons (Fsp3) is 0.350. The van der Waals surface area contributed by atoms with Gasteiger partial charge in [-0.25, -0.2) is 9.78 Å². The van der Waals surface area contributed by atoms with E-state index in [1.807, 2.05) is 0 Å². The van der Waals surface area contributed by atoms with Gasteiger partial charge in [-0.2, -0.15) is 0 Å². The lowest BCUT2D eigenvalue weighted by molar-refractivity contribution is -0.122. The van der Waals surface area contributed by atoms with Crippen LogP contribution in [-0.4, -0.2) is 41.8 Å². The number of rotatable bonds is 6. The molecule has 1 unspecified atom stereocenters. The molecule has 30 heavy (non-hydrogen) atoms. The first-order chi connectivity index (χ1) is 14.3. The average molecular weight is 430 g/mol. The van der Waals surface area contributed by atoms with Crippen LogP contribution in [0.2, 0.25) is 0 Å². The molecule has 3 rings (SSSR count). The molecule has 1 aliphatic heterocycles. The number of amides is 3. The second-order valence-corrected chi connectivity index (χ2v) is 7.78. The maximum absolute atomic E-state index is 12.6. The predicted octanol–water partition coefficient (Wildman–Crippen LogP) is 2.58. The van der Waals surface area contributed by atoms with Crippen molar-refractivity contribution in [2.45, 2.75) is 27.2 Å². The summed E-state index contributed by atoms with van der Waals surface area (Å²) in [5.74, 6) is -1.68. The fourth-order valence-electron chi connectivity index (χ4n) is 3.10. The topological polar surface area (TPSA) is 118 Å². The van der Waals surface area contributed by atoms with Gasteiger partial charge in [0.2, 0.25) is 17.7 Å². The molecule has 0 bridgehead atoms. The van der Waals surface area contributed by atoms with Gasteiger partial charge < -0.3 is 20.3 Å². The molecule has 2 N–H and O–H groups in total. The molecular formula is C20H22N4O5S. The van der Waals surface area contributed by atoms with Gasteiger partial charge in [0.15, 0.2) is 5.13 Å². The predicted molar refractivity (Wildman–Crippen MR) is 113 cm³/mol. The second-order valence-electron chi connectivity index (χ2n) is 6.78. The van der Waals surface area contributed by atoms with Crippen LogP contribution < -0.4 is 15.5 Å². The van der Waals surface area contributed by atoms with Gasteiger partial charge in [0.1, 0.15) is 4.88 Å². The summed E-state index contributed by atoms with van der Waals surface area (Å²) >= 11 is 1.05. The number of hydrogen-bond donors (Lipinski definition) is 2. The number of esters is 1. The van der Waals surface area contributed by atoms with Crippen LogP contribution in [0.5, 0.6) is 0 Å². The van der Waals surface area contributed by atoms with Crippen molar-refractivity contribution in [3.05, 3.63) is 34.8 Å². The Morgan fingerprint density at radius 3 is 2.57 bits per heavy atom. The highest BCUT2D eigenvalue weighted by Gasteiger charge is 2.35. The molecular weight excluding hydrogens is 408 g/mol. The summed E-state index contributed by atoms with van der Waals surface area (Å²) in [6.07, 6.45) is 0.0777. The first-order valence-electron chi connectivity index (χ1n) is 9.42. The Kier molecular flexibility index (Phi) is 6.46. The smallest absolute Gasteiger partial charge is 0.350 e. The molecule has 1 fully saturated rings. The van der Waals surface area contributed by atoms with E-state index in [-0.39, 0.29) is 37.3 Å². The van der Waals surface area contributed by atoms with E-state index in [9.17, 15) is 19.2 Å². The maximum atomic E-state index is 12.6. The van der Waals surface area contributed by atoms with Crippen molar-refractivity contribution in [2.75, 3.05) is 28.7 Å². The summed E-state index contributed by atoms with van der Waals surface area (Å²) < 4.78 is 4.98. The number of nitrogens with one attached hydrogen (secondary N) is 2. The molecule has 10 heteroatoms. The van der Waals surface area contributed by atoms with Crippen LogP contribution in [0.3, 0.4) is 0 Å². The van der Waals surface area contributed by atoms with Crippen molar-refractivity contribution in [2.24, 2.45) is 5.92 Å². The van der Waals surface area contributed by atoms with E-state index < -0.39 is 11.9 Å². The highest BCUT2D eigenvalue weighted by atomic mass is 32.1. The lowest BCUT2D eigenvalue weighted by atomic mass is 10.1. The highest BCUT2D eigenvalue weighted by Crippen LogP contribution is 2.29. The Labute approximate surface area is 177 Å². The summed E-state index contributed by atoms with van der Waals surface area (Å²) in [4.78, 5) is 54.2. The Morgan fingerprint density at radius 1 is 1.23 bits per heavy atom. The number of ether oxygens (including phenoxy) is 1. The number of nitrogens with zero attached hydrogens (tertiary/aromatic N) is 2. The molecule has 9 nitrogen and oxygen atoms in total. The van der Waals surface area contributed by atoms with E-state index in [1.54, 1.807) is 43.0 Å². The standard InChI is InChI=1S/C20H22N4O5S/c1-4-29-19(28)17-11(2)21-20(30-17)23-18(27)13-9-16(26)24(10-13)15-7-5-14(6-8-15)22-12(3)25/h5-8,13H,4,9-10H2,1-3H3,(H,22,25)(H,21,23,27). The quantitative estimate of drug-likeness (QED) is 0.680. The number of aryl methyl sites for hydroxylation is 1. The molecule has 1 atom stereocenters. The average Bonchev–Trinajstić information content (AvgIpc) is 3.25. The lowest BCUT2D eigenvalue weighted by Gasteiger charge is -2.17. The van der Waals surface area contributed by atoms with Crippen LogP contribution in [0.25, 0.3) is 0 Å². The monoisotopic (exact) mass is 430 g/mol. The van der Waals surface area contributed by atoms with E-state index in [0.29, 0.717) is 27.1 Å². The van der Waals surface area contributed by atoms with Crippen LogP contribution >= 0.6 is 11.3 Å². The van der Waals surface area contributed by atoms with Gasteiger partial charge in [0, 0.05) is 31.3 Å². The maximum Gasteiger partial charge on any atom is 0.350 e. The number of anilines is 3. The van der Waals surface area contributed by atoms with E-state index in [1.165, 1.54) is 6.92 Å². The fourth-order valence-corrected chi connectivity index (χ4v) is 3.97. The zero-order chi connectivity index (χ0) is 21.8. The van der Waals surface area contributed by atoms with Gasteiger partial charge in [0.25, 0.3) is 0 Å². The molecule has 2 aromatic rings. The molecule has 1 aromatic heterocycles. The van der Waals surface area contributed by atoms with E-state index in [0.717, 1.165) is 11.3 Å². The van der Waals surface area contributed by atoms with Crippen LogP contribution in [0.1, 0.15) is 35.6 Å². The largest absolute Gasteiger partial charge is 0.462 e. The first kappa shape index (κ1) is 21.4. The number of carbonyl (C=O) groups excluding carboxylic acids is 4. The Bertz CT molecular complexity index is 986. The summed E-state index contributed by atoms with van der Waals surface area (Å²) in [5.41, 5.74) is 1.76. The number of benzene rings is 1. The van der Waals surface area contributed by atoms with Crippen molar-refractivity contribution in [3.63, 3.8) is 0 Å². The van der Waals surface area contributed by atoms with Crippen molar-refractivity contribution in [1.82, 2.24) is 4.98 Å². The summed E-state index contributed by atoms with van der Waals surface area (Å²) in [6, 6.07) is 6.85. The molecule has 0 aliphatic carbocycles. The van der Waals surface area contributed by atoms with Gasteiger partial charge in [-0.3, -0.25) is 14.4 Å². The van der Waals surface area contributed by atoms with Gasteiger partial charge in [-0.1, -0.05) is 11.3 Å². The number of hydrogen-bond acceptors (Lipinski definition) is 7. The minimum absolute atomic E-state index is 0.0777. The third-order valence-corrected chi connectivity index (χ3v) is 5.54. The van der Waals surface area contributed by atoms with Crippen LogP contribution in [0.4, 0.5) is 16.5 Å². The molecule has 1 aromatic carbocycles. The number of thiazole rings is 1. The van der Waals surface area contributed by atoms with Crippen molar-refractivity contribution in [1.29, 1.82) is 0 Å². The summed E-state index contributed by atoms with van der Waals surface area (Å²) in [7, 11) is 0. The number of carbonyl (C=O) groups is 4. The van der Waals surface area contributed by atoms with Crippen molar-refractivity contribution in [3.8, 4) is 0 Å². The molecule has 3 amide bonds. The Morgan fingerprint density at radius 2 is 1.93 bits per heavy atom. The van der Waals surface area contributed by atoms with Gasteiger partial charge in [0.05, 0.1) is 18.2 Å². The van der Waals surface area contributed by atoms with E-state index >= 15 is 0 Å². The third-order valence-electron chi connectivity index (χ3n) is 4.48. The summed E-state index contributed by atoms with van der Waals surface area (Å²) in [6.45, 7) is 5.29. The van der Waals surface area contributed by atoms with Gasteiger partial charge >= 0.3 is 5.97 Å². The van der Waals surface area contributed by atoms with Crippen molar-refractivity contribution >= 4 is 51.5 Å². The molecule has 158 valence electrons. The molecule has 2 heterocycles. The zero-order valence-electron chi connectivity index (χ0n) is 16.9. The minimum Gasteiger partial charge on any atom is -0.462 e. The SMILES string of the molecule is CCOC(=O)c1sc(NC(=O)C2CC(=O)N(c3ccc(NC(C)=O)cc3)C2)nc1C. The molecule has 0 radical (unpaired) electrons. The number of aromatic nitrogens is 1. The van der Waals surface area contributed by atoms with Crippen LogP contribution in [0.15, 0.2) is 24.3 Å². The van der Waals surface area contributed by atoms with E-state index in [4.69, 9.17) is 4.74 Å². The molecule has 1 saturated heterocycles. The van der Waals surface area contributed by atoms with Crippen LogP contribution in [-0.2, 0) is 19.1 Å². The van der Waals surface area contributed by atoms with Gasteiger partial charge in [-0.15, -0.1) is 0 Å². The molecule has 1 aliphatic rings. The van der Waals surface area contributed by atoms with Crippen LogP contribution in [0, 0.1) is 12.8 Å². The highest BCUT2D eigenvalue weighted by molar-refractivity contribution is 7.17. The summed E-state index contributed by atoms with van der Waals surface area (Å²) in [5, 5.41) is 5.66. The normalized spacial score (nSPS) is 15.8. The van der Waals surface area contributed by atoms with E-state index in [2.05, 4.69) is 15.6 Å². The molecule has 0 spiro atoms. The van der Waals surface area contributed by atoms with Crippen molar-refractivity contribution < 1.29 is 23.9 Å². The Balaban J connectivity index is 1.64. The van der Waals surface area contributed by atoms with Gasteiger partial charge in [-0.05, 0) is 38.1 Å². The second kappa shape index (κ2) is 9.04. The minimum atomic E-state index is -0.539.